The largest absolute Gasteiger partial charge is 0.491 e. The summed E-state index contributed by atoms with van der Waals surface area (Å²) >= 11 is 1.57. The normalized spacial score (nSPS) is 16.1. The molecule has 1 saturated heterocycles. The van der Waals surface area contributed by atoms with Crippen LogP contribution in [-0.4, -0.2) is 89.8 Å². The van der Waals surface area contributed by atoms with Crippen molar-refractivity contribution in [3.8, 4) is 27.3 Å². The van der Waals surface area contributed by atoms with E-state index in [1.54, 1.807) is 30.4 Å². The van der Waals surface area contributed by atoms with Gasteiger partial charge in [0.15, 0.2) is 0 Å². The first-order valence-electron chi connectivity index (χ1n) is 18.0. The second-order valence-corrected chi connectivity index (χ2v) is 15.0. The molecule has 1 aromatic heterocycles. The molecule has 1 aliphatic rings. The Hall–Kier alpha value is -5.11. The average molecular weight is 757 g/mol. The molecule has 0 bridgehead atoms. The van der Waals surface area contributed by atoms with Gasteiger partial charge in [-0.05, 0) is 65.8 Å². The van der Waals surface area contributed by atoms with Gasteiger partial charge in [-0.25, -0.2) is 9.78 Å². The maximum absolute atomic E-state index is 13.9. The molecule has 0 aliphatic carbocycles. The van der Waals surface area contributed by atoms with Crippen LogP contribution in [0.4, 0.5) is 0 Å². The molecule has 5 rings (SSSR count). The fourth-order valence-corrected chi connectivity index (χ4v) is 6.93. The molecule has 3 N–H and O–H groups in total. The van der Waals surface area contributed by atoms with Crippen LogP contribution < -0.4 is 15.4 Å². The maximum atomic E-state index is 13.9. The number of benzene rings is 3. The number of aryl methyl sites for hydroxylation is 1. The molecule has 12 nitrogen and oxygen atoms in total. The molecule has 0 spiro atoms. The van der Waals surface area contributed by atoms with Gasteiger partial charge in [-0.2, -0.15) is 0 Å². The van der Waals surface area contributed by atoms with E-state index in [1.807, 2.05) is 93.9 Å². The molecular formula is C41H48N4O8S. The Morgan fingerprint density at radius 1 is 0.944 bits per heavy atom. The Kier molecular flexibility index (Phi) is 13.6. The number of hydrogen-bond donors (Lipinski definition) is 3. The number of nitrogens with one attached hydrogen (secondary N) is 2. The van der Waals surface area contributed by atoms with Crippen molar-refractivity contribution in [2.75, 3.05) is 33.0 Å². The highest BCUT2D eigenvalue weighted by Gasteiger charge is 2.44. The highest BCUT2D eigenvalue weighted by molar-refractivity contribution is 7.13. The molecule has 1 fully saturated rings. The topological polar surface area (TPSA) is 156 Å². The van der Waals surface area contributed by atoms with Gasteiger partial charge in [-0.15, -0.1) is 11.3 Å². The van der Waals surface area contributed by atoms with E-state index in [1.165, 1.54) is 4.90 Å². The molecule has 0 radical (unpaired) electrons. The summed E-state index contributed by atoms with van der Waals surface area (Å²) in [6, 6.07) is 20.6. The summed E-state index contributed by atoms with van der Waals surface area (Å²) in [7, 11) is 0. The highest BCUT2D eigenvalue weighted by atomic mass is 32.1. The first-order chi connectivity index (χ1) is 25.8. The zero-order valence-electron chi connectivity index (χ0n) is 31.3. The van der Waals surface area contributed by atoms with E-state index in [9.17, 15) is 24.3 Å². The van der Waals surface area contributed by atoms with E-state index >= 15 is 0 Å². The fourth-order valence-electron chi connectivity index (χ4n) is 6.12. The van der Waals surface area contributed by atoms with Crippen LogP contribution >= 0.6 is 11.3 Å². The van der Waals surface area contributed by atoms with Crippen molar-refractivity contribution in [3.63, 3.8) is 0 Å². The summed E-state index contributed by atoms with van der Waals surface area (Å²) in [6.07, 6.45) is -0.769. The summed E-state index contributed by atoms with van der Waals surface area (Å²) in [5.41, 5.74) is 6.41. The molecular weight excluding hydrogens is 709 g/mol. The molecule has 3 amide bonds. The lowest BCUT2D eigenvalue weighted by Gasteiger charge is -2.35. The van der Waals surface area contributed by atoms with Crippen molar-refractivity contribution >= 4 is 35.0 Å². The van der Waals surface area contributed by atoms with E-state index in [0.717, 1.165) is 32.8 Å². The third kappa shape index (κ3) is 10.5. The number of carbonyl (C=O) groups excluding carboxylic acids is 4. The number of aromatic nitrogens is 1. The Balaban J connectivity index is 1.07. The van der Waals surface area contributed by atoms with Gasteiger partial charge < -0.3 is 34.9 Å². The molecule has 1 aliphatic heterocycles. The second kappa shape index (κ2) is 18.3. The number of β-amino-alcohol motifs (C(OH)–C–C–N with tert-alkyl or cyclic N) is 1. The van der Waals surface area contributed by atoms with Crippen molar-refractivity contribution < 1.29 is 38.5 Å². The van der Waals surface area contributed by atoms with E-state index in [4.69, 9.17) is 14.2 Å². The van der Waals surface area contributed by atoms with Gasteiger partial charge in [0.25, 0.3) is 0 Å². The van der Waals surface area contributed by atoms with Crippen LogP contribution in [0.2, 0.25) is 0 Å². The summed E-state index contributed by atoms with van der Waals surface area (Å²) in [6.45, 7) is 9.81. The van der Waals surface area contributed by atoms with Crippen molar-refractivity contribution in [2.24, 2.45) is 5.41 Å². The molecule has 286 valence electrons. The van der Waals surface area contributed by atoms with Crippen LogP contribution in [0, 0.1) is 12.3 Å². The summed E-state index contributed by atoms with van der Waals surface area (Å²) < 4.78 is 16.4. The lowest BCUT2D eigenvalue weighted by Crippen LogP contribution is -2.58. The molecule has 4 aromatic rings. The Morgan fingerprint density at radius 2 is 1.59 bits per heavy atom. The summed E-state index contributed by atoms with van der Waals surface area (Å²) in [5, 5.41) is 16.2. The van der Waals surface area contributed by atoms with Crippen LogP contribution in [0.1, 0.15) is 55.7 Å². The third-order valence-electron chi connectivity index (χ3n) is 9.02. The molecule has 3 aromatic carbocycles. The van der Waals surface area contributed by atoms with Gasteiger partial charge in [0.2, 0.25) is 17.7 Å². The fraction of sp³-hybridized carbons (Fsp3) is 0.390. The minimum absolute atomic E-state index is 0.0150. The highest BCUT2D eigenvalue weighted by Crippen LogP contribution is 2.29. The number of likely N-dealkylation sites (tertiary alicyclic amines) is 1. The number of ether oxygens (including phenoxy) is 3. The van der Waals surface area contributed by atoms with Crippen LogP contribution in [-0.2, 0) is 30.4 Å². The molecule has 3 atom stereocenters. The smallest absolute Gasteiger partial charge is 0.338 e. The number of aliphatic hydroxyl groups excluding tert-OH is 1. The van der Waals surface area contributed by atoms with E-state index in [0.29, 0.717) is 17.9 Å². The van der Waals surface area contributed by atoms with Crippen LogP contribution in [0.25, 0.3) is 21.6 Å². The lowest BCUT2D eigenvalue weighted by atomic mass is 9.85. The van der Waals surface area contributed by atoms with E-state index < -0.39 is 35.4 Å². The van der Waals surface area contributed by atoms with Crippen LogP contribution in [0.15, 0.2) is 78.3 Å². The van der Waals surface area contributed by atoms with Gasteiger partial charge in [0, 0.05) is 19.5 Å². The molecule has 13 heteroatoms. The molecule has 2 heterocycles. The number of aliphatic hydroxyl groups is 1. The predicted octanol–water partition coefficient (Wildman–Crippen LogP) is 5.17. The maximum Gasteiger partial charge on any atom is 0.338 e. The van der Waals surface area contributed by atoms with Gasteiger partial charge in [0.05, 0.1) is 41.0 Å². The number of carbonyl (C=O) groups is 4. The van der Waals surface area contributed by atoms with Gasteiger partial charge >= 0.3 is 5.97 Å². The second-order valence-electron chi connectivity index (χ2n) is 14.2. The molecule has 0 unspecified atom stereocenters. The summed E-state index contributed by atoms with van der Waals surface area (Å²) in [4.78, 5) is 58.9. The van der Waals surface area contributed by atoms with E-state index in [-0.39, 0.29) is 51.2 Å². The van der Waals surface area contributed by atoms with Crippen molar-refractivity contribution in [2.45, 2.75) is 65.8 Å². The Bertz CT molecular complexity index is 1890. The zero-order chi connectivity index (χ0) is 38.8. The number of esters is 1. The van der Waals surface area contributed by atoms with Gasteiger partial charge in [-0.3, -0.25) is 14.4 Å². The average Bonchev–Trinajstić information content (AvgIpc) is 3.77. The van der Waals surface area contributed by atoms with Gasteiger partial charge in [-0.1, -0.05) is 69.3 Å². The quantitative estimate of drug-likeness (QED) is 0.110. The standard InChI is InChI=1S/C41H48N4O8S/c1-6-52-40(50)31-13-11-28(12-14-31)29-15-17-33(18-16-29)53-20-19-51-24-35(47)44-37(41(3,4)5)39(49)45-23-32(46)21-34(45)38(48)42-22-27-7-9-30(10-8-27)36-26(2)43-25-54-36/h7-18,25,32,34,37,46H,6,19-24H2,1-5H3,(H,42,48)(H,44,47)/t32-,34+,37-/m1/s1. The van der Waals surface area contributed by atoms with Crippen LogP contribution in [0.3, 0.4) is 0 Å². The number of amides is 3. The first-order valence-corrected chi connectivity index (χ1v) is 18.8. The SMILES string of the molecule is CCOC(=O)c1ccc(-c2ccc(OCCOCC(=O)N[C@H](C(=O)N3C[C@H](O)C[C@H]3C(=O)NCc3ccc(-c4scnc4C)cc3)C(C)(C)C)cc2)cc1. The van der Waals surface area contributed by atoms with Crippen molar-refractivity contribution in [1.29, 1.82) is 0 Å². The van der Waals surface area contributed by atoms with Crippen LogP contribution in [0.5, 0.6) is 5.75 Å². The van der Waals surface area contributed by atoms with Gasteiger partial charge in [0.1, 0.15) is 31.0 Å². The monoisotopic (exact) mass is 756 g/mol. The minimum atomic E-state index is -0.965. The van der Waals surface area contributed by atoms with E-state index in [2.05, 4.69) is 15.6 Å². The number of rotatable bonds is 15. The third-order valence-corrected chi connectivity index (χ3v) is 10.0. The Labute approximate surface area is 319 Å². The predicted molar refractivity (Wildman–Crippen MR) is 206 cm³/mol. The minimum Gasteiger partial charge on any atom is -0.491 e. The summed E-state index contributed by atoms with van der Waals surface area (Å²) in [5.74, 6) is -1.04. The first kappa shape index (κ1) is 40.1. The number of hydrogen-bond acceptors (Lipinski definition) is 10. The Morgan fingerprint density at radius 3 is 2.20 bits per heavy atom. The van der Waals surface area contributed by atoms with Crippen molar-refractivity contribution in [1.82, 2.24) is 20.5 Å². The zero-order valence-corrected chi connectivity index (χ0v) is 32.1. The number of thiazole rings is 1. The lowest BCUT2D eigenvalue weighted by molar-refractivity contribution is -0.144. The molecule has 54 heavy (non-hydrogen) atoms. The van der Waals surface area contributed by atoms with Crippen molar-refractivity contribution in [3.05, 3.63) is 95.1 Å². The molecule has 0 saturated carbocycles. The number of nitrogens with zero attached hydrogens (tertiary/aromatic N) is 2.